The molecule has 2 aromatic rings. The third-order valence-corrected chi connectivity index (χ3v) is 2.77. The van der Waals surface area contributed by atoms with Crippen LogP contribution in [0.15, 0.2) is 33.7 Å². The molecule has 0 atom stereocenters. The van der Waals surface area contributed by atoms with E-state index in [9.17, 15) is 0 Å². The van der Waals surface area contributed by atoms with Gasteiger partial charge in [-0.3, -0.25) is 0 Å². The number of nitrogens with zero attached hydrogens (tertiary/aromatic N) is 1. The number of fused-ring (bicyclic) bond motifs is 1. The lowest BCUT2D eigenvalue weighted by Gasteiger charge is -2.07. The van der Waals surface area contributed by atoms with Gasteiger partial charge in [0, 0.05) is 17.0 Å². The molecular formula is C14H19N3O. The average molecular weight is 245 g/mol. The molecule has 96 valence electrons. The summed E-state index contributed by atoms with van der Waals surface area (Å²) in [6.45, 7) is 6.55. The van der Waals surface area contributed by atoms with Gasteiger partial charge in [-0.05, 0) is 26.8 Å². The standard InChI is InChI=1S/C14H19N3O/c1-9(2)17-14(15)16-8-13-10(3)11-6-4-5-7-12(11)18-13/h4-7,9H,8H2,1-3H3,(H3,15,16,17). The highest BCUT2D eigenvalue weighted by molar-refractivity contribution is 5.82. The summed E-state index contributed by atoms with van der Waals surface area (Å²) in [5.41, 5.74) is 7.79. The summed E-state index contributed by atoms with van der Waals surface area (Å²) in [5, 5.41) is 4.19. The molecule has 4 heteroatoms. The monoisotopic (exact) mass is 245 g/mol. The lowest BCUT2D eigenvalue weighted by molar-refractivity contribution is 0.548. The van der Waals surface area contributed by atoms with E-state index in [1.165, 1.54) is 0 Å². The second kappa shape index (κ2) is 5.12. The number of hydrogen-bond donors (Lipinski definition) is 2. The molecule has 0 aliphatic rings. The third kappa shape index (κ3) is 2.64. The van der Waals surface area contributed by atoms with Crippen molar-refractivity contribution >= 4 is 16.9 Å². The summed E-state index contributed by atoms with van der Waals surface area (Å²) in [6.07, 6.45) is 0. The number of aliphatic imine (C=N–C) groups is 1. The average Bonchev–Trinajstić information content (AvgIpc) is 2.64. The van der Waals surface area contributed by atoms with Gasteiger partial charge < -0.3 is 15.5 Å². The molecule has 2 rings (SSSR count). The van der Waals surface area contributed by atoms with Gasteiger partial charge in [0.25, 0.3) is 0 Å². The largest absolute Gasteiger partial charge is 0.459 e. The first-order valence-corrected chi connectivity index (χ1v) is 6.11. The second-order valence-electron chi connectivity index (χ2n) is 4.65. The predicted molar refractivity (Wildman–Crippen MR) is 74.5 cm³/mol. The van der Waals surface area contributed by atoms with Crippen LogP contribution in [0.3, 0.4) is 0 Å². The van der Waals surface area contributed by atoms with Crippen molar-refractivity contribution in [1.29, 1.82) is 0 Å². The molecular weight excluding hydrogens is 226 g/mol. The lowest BCUT2D eigenvalue weighted by Crippen LogP contribution is -2.36. The SMILES string of the molecule is Cc1c(CN=C(N)NC(C)C)oc2ccccc12. The highest BCUT2D eigenvalue weighted by Crippen LogP contribution is 2.25. The molecule has 1 heterocycles. The Morgan fingerprint density at radius 2 is 2.11 bits per heavy atom. The maximum absolute atomic E-state index is 5.76. The van der Waals surface area contributed by atoms with Crippen molar-refractivity contribution in [3.63, 3.8) is 0 Å². The van der Waals surface area contributed by atoms with Gasteiger partial charge >= 0.3 is 0 Å². The zero-order chi connectivity index (χ0) is 13.1. The highest BCUT2D eigenvalue weighted by atomic mass is 16.3. The smallest absolute Gasteiger partial charge is 0.189 e. The summed E-state index contributed by atoms with van der Waals surface area (Å²) < 4.78 is 5.76. The van der Waals surface area contributed by atoms with E-state index >= 15 is 0 Å². The van der Waals surface area contributed by atoms with Crippen LogP contribution in [-0.4, -0.2) is 12.0 Å². The maximum Gasteiger partial charge on any atom is 0.189 e. The molecule has 0 radical (unpaired) electrons. The van der Waals surface area contributed by atoms with Gasteiger partial charge in [0.2, 0.25) is 0 Å². The van der Waals surface area contributed by atoms with Gasteiger partial charge in [0.1, 0.15) is 17.9 Å². The molecule has 4 nitrogen and oxygen atoms in total. The van der Waals surface area contributed by atoms with E-state index in [2.05, 4.69) is 16.4 Å². The Bertz CT molecular complexity index is 569. The molecule has 0 aliphatic heterocycles. The third-order valence-electron chi connectivity index (χ3n) is 2.77. The minimum absolute atomic E-state index is 0.283. The summed E-state index contributed by atoms with van der Waals surface area (Å²) in [7, 11) is 0. The fourth-order valence-electron chi connectivity index (χ4n) is 1.87. The predicted octanol–water partition coefficient (Wildman–Crippen LogP) is 2.55. The van der Waals surface area contributed by atoms with Crippen molar-refractivity contribution in [1.82, 2.24) is 5.32 Å². The Kier molecular flexibility index (Phi) is 3.55. The Labute approximate surface area is 107 Å². The van der Waals surface area contributed by atoms with Crippen molar-refractivity contribution in [2.24, 2.45) is 10.7 Å². The van der Waals surface area contributed by atoms with E-state index in [1.807, 2.05) is 39.0 Å². The zero-order valence-corrected chi connectivity index (χ0v) is 11.0. The molecule has 0 saturated heterocycles. The van der Waals surface area contributed by atoms with Crippen molar-refractivity contribution in [2.45, 2.75) is 33.4 Å². The van der Waals surface area contributed by atoms with Gasteiger partial charge in [-0.25, -0.2) is 4.99 Å². The molecule has 0 fully saturated rings. The van der Waals surface area contributed by atoms with Crippen LogP contribution in [0.4, 0.5) is 0 Å². The first-order chi connectivity index (χ1) is 8.58. The molecule has 0 unspecified atom stereocenters. The molecule has 0 bridgehead atoms. The van der Waals surface area contributed by atoms with E-state index in [-0.39, 0.29) is 6.04 Å². The normalized spacial score (nSPS) is 12.3. The molecule has 18 heavy (non-hydrogen) atoms. The van der Waals surface area contributed by atoms with Crippen molar-refractivity contribution in [3.05, 3.63) is 35.6 Å². The van der Waals surface area contributed by atoms with Crippen LogP contribution in [0.25, 0.3) is 11.0 Å². The number of benzene rings is 1. The Hall–Kier alpha value is -1.97. The summed E-state index contributed by atoms with van der Waals surface area (Å²) >= 11 is 0. The molecule has 0 amide bonds. The molecule has 3 N–H and O–H groups in total. The van der Waals surface area contributed by atoms with Crippen molar-refractivity contribution < 1.29 is 4.42 Å². The Morgan fingerprint density at radius 3 is 2.78 bits per heavy atom. The van der Waals surface area contributed by atoms with Crippen LogP contribution in [0.5, 0.6) is 0 Å². The number of para-hydroxylation sites is 1. The summed E-state index contributed by atoms with van der Waals surface area (Å²) in [4.78, 5) is 4.28. The van der Waals surface area contributed by atoms with E-state index in [1.54, 1.807) is 0 Å². The van der Waals surface area contributed by atoms with Crippen molar-refractivity contribution in [3.8, 4) is 0 Å². The van der Waals surface area contributed by atoms with Crippen LogP contribution in [-0.2, 0) is 6.54 Å². The van der Waals surface area contributed by atoms with E-state index in [0.717, 1.165) is 22.3 Å². The molecule has 0 spiro atoms. The quantitative estimate of drug-likeness (QED) is 0.645. The fourth-order valence-corrected chi connectivity index (χ4v) is 1.87. The first kappa shape index (κ1) is 12.5. The van der Waals surface area contributed by atoms with Gasteiger partial charge in [0.15, 0.2) is 5.96 Å². The van der Waals surface area contributed by atoms with Gasteiger partial charge in [-0.2, -0.15) is 0 Å². The minimum atomic E-state index is 0.283. The number of furan rings is 1. The van der Waals surface area contributed by atoms with Crippen LogP contribution >= 0.6 is 0 Å². The van der Waals surface area contributed by atoms with Crippen LogP contribution in [0.1, 0.15) is 25.2 Å². The van der Waals surface area contributed by atoms with Crippen LogP contribution in [0.2, 0.25) is 0 Å². The topological polar surface area (TPSA) is 63.5 Å². The zero-order valence-electron chi connectivity index (χ0n) is 11.0. The molecule has 1 aromatic heterocycles. The maximum atomic E-state index is 5.76. The van der Waals surface area contributed by atoms with Gasteiger partial charge in [0.05, 0.1) is 0 Å². The molecule has 0 saturated carbocycles. The minimum Gasteiger partial charge on any atom is -0.459 e. The van der Waals surface area contributed by atoms with Gasteiger partial charge in [-0.1, -0.05) is 18.2 Å². The van der Waals surface area contributed by atoms with E-state index < -0.39 is 0 Å². The number of nitrogens with two attached hydrogens (primary N) is 1. The summed E-state index contributed by atoms with van der Waals surface area (Å²) in [5.74, 6) is 1.31. The van der Waals surface area contributed by atoms with Gasteiger partial charge in [-0.15, -0.1) is 0 Å². The van der Waals surface area contributed by atoms with Crippen molar-refractivity contribution in [2.75, 3.05) is 0 Å². The molecule has 1 aromatic carbocycles. The lowest BCUT2D eigenvalue weighted by atomic mass is 10.1. The molecule has 0 aliphatic carbocycles. The second-order valence-corrected chi connectivity index (χ2v) is 4.65. The highest BCUT2D eigenvalue weighted by Gasteiger charge is 2.09. The Morgan fingerprint density at radius 1 is 1.39 bits per heavy atom. The first-order valence-electron chi connectivity index (χ1n) is 6.11. The number of hydrogen-bond acceptors (Lipinski definition) is 2. The fraction of sp³-hybridized carbons (Fsp3) is 0.357. The van der Waals surface area contributed by atoms with E-state index in [0.29, 0.717) is 12.5 Å². The summed E-state index contributed by atoms with van der Waals surface area (Å²) in [6, 6.07) is 8.27. The van der Waals surface area contributed by atoms with E-state index in [4.69, 9.17) is 10.2 Å². The number of rotatable bonds is 3. The van der Waals surface area contributed by atoms with Crippen LogP contribution in [0, 0.1) is 6.92 Å². The van der Waals surface area contributed by atoms with Crippen LogP contribution < -0.4 is 11.1 Å². The number of guanidine groups is 1. The number of nitrogens with one attached hydrogen (secondary N) is 1. The number of aryl methyl sites for hydroxylation is 1. The Balaban J connectivity index is 2.19.